The summed E-state index contributed by atoms with van der Waals surface area (Å²) in [5, 5.41) is 15.6. The van der Waals surface area contributed by atoms with Crippen molar-refractivity contribution in [2.24, 2.45) is 5.92 Å². The molecule has 0 saturated carbocycles. The molecular weight excluding hydrogens is 618 g/mol. The minimum Gasteiger partial charge on any atom is -0.506 e. The summed E-state index contributed by atoms with van der Waals surface area (Å²) in [7, 11) is 3.49. The van der Waals surface area contributed by atoms with Crippen LogP contribution in [0.5, 0.6) is 11.8 Å². The third-order valence-electron chi connectivity index (χ3n) is 11.1. The fraction of sp³-hybridized carbons (Fsp3) is 0.600. The number of halogens is 1. The monoisotopic (exact) mass is 661 g/mol. The number of phenols is 1. The average molecular weight is 662 g/mol. The molecule has 1 N–H and O–H groups in total. The summed E-state index contributed by atoms with van der Waals surface area (Å²) in [4.78, 5) is 29.4. The van der Waals surface area contributed by atoms with E-state index in [1.54, 1.807) is 25.1 Å². The topological polar surface area (TPSA) is 109 Å². The van der Waals surface area contributed by atoms with Gasteiger partial charge >= 0.3 is 6.01 Å². The van der Waals surface area contributed by atoms with Gasteiger partial charge in [-0.1, -0.05) is 24.6 Å². The van der Waals surface area contributed by atoms with Crippen molar-refractivity contribution in [1.29, 1.82) is 0 Å². The first kappa shape index (κ1) is 30.9. The lowest BCUT2D eigenvalue weighted by molar-refractivity contribution is -0.0856. The molecule has 1 aromatic carbocycles. The molecule has 0 bridgehead atoms. The number of ether oxygens (including phenoxy) is 2. The molecule has 2 fully saturated rings. The van der Waals surface area contributed by atoms with Crippen molar-refractivity contribution in [2.45, 2.75) is 89.1 Å². The van der Waals surface area contributed by atoms with Gasteiger partial charge in [-0.15, -0.1) is 0 Å². The Balaban J connectivity index is 1.17. The highest BCUT2D eigenvalue weighted by atomic mass is 35.5. The Bertz CT molecular complexity index is 1730. The van der Waals surface area contributed by atoms with Crippen LogP contribution in [0.4, 0.5) is 5.82 Å². The van der Waals surface area contributed by atoms with Crippen molar-refractivity contribution in [3.8, 4) is 11.8 Å². The van der Waals surface area contributed by atoms with E-state index < -0.39 is 5.60 Å². The van der Waals surface area contributed by atoms with E-state index in [0.717, 1.165) is 98.6 Å². The van der Waals surface area contributed by atoms with E-state index in [1.165, 1.54) is 6.42 Å². The average Bonchev–Trinajstić information content (AvgIpc) is 3.68. The maximum atomic E-state index is 12.7. The molecule has 2 aromatic heterocycles. The van der Waals surface area contributed by atoms with Gasteiger partial charge in [-0.25, -0.2) is 0 Å². The van der Waals surface area contributed by atoms with Crippen LogP contribution in [0.25, 0.3) is 0 Å². The lowest BCUT2D eigenvalue weighted by Crippen LogP contribution is -2.44. The number of carbonyl (C=O) groups is 1. The predicted molar refractivity (Wildman–Crippen MR) is 177 cm³/mol. The first-order chi connectivity index (χ1) is 22.6. The molecule has 1 unspecified atom stereocenters. The minimum atomic E-state index is -0.681. The Morgan fingerprint density at radius 1 is 1.17 bits per heavy atom. The molecule has 250 valence electrons. The smallest absolute Gasteiger partial charge is 0.318 e. The molecule has 8 rings (SSSR count). The maximum absolute atomic E-state index is 12.7. The van der Waals surface area contributed by atoms with Crippen LogP contribution in [0, 0.1) is 5.92 Å². The summed E-state index contributed by atoms with van der Waals surface area (Å²) in [6.07, 6.45) is 7.48. The first-order valence-corrected chi connectivity index (χ1v) is 17.5. The van der Waals surface area contributed by atoms with E-state index in [0.29, 0.717) is 48.8 Å². The van der Waals surface area contributed by atoms with Gasteiger partial charge in [0.25, 0.3) is 5.91 Å². The second-order valence-corrected chi connectivity index (χ2v) is 15.0. The Kier molecular flexibility index (Phi) is 7.64. The van der Waals surface area contributed by atoms with E-state index in [2.05, 4.69) is 21.8 Å². The third kappa shape index (κ3) is 5.25. The molecule has 0 radical (unpaired) electrons. The standard InChI is InChI=1S/C35H44ClN7O4/c1-22-16-34(10-5-13-42(34)18-22)21-46-33-37-27-17-35(11-4-7-23-8-9-28(44)30(36)29(23)35)47-20-25(27)31(38-33)41-12-6-14-43-24(19-41)15-26(39-43)32(45)40(2)3/h8-9,15,22,44H,4-7,10-14,16-21H2,1-3H3/t22-,34+,35?/m1/s1. The molecular formula is C35H44ClN7O4. The van der Waals surface area contributed by atoms with Crippen LogP contribution < -0.4 is 9.64 Å². The van der Waals surface area contributed by atoms with E-state index in [4.69, 9.17) is 31.0 Å². The molecule has 47 heavy (non-hydrogen) atoms. The first-order valence-electron chi connectivity index (χ1n) is 17.1. The summed E-state index contributed by atoms with van der Waals surface area (Å²) in [5.41, 5.74) is 4.65. The minimum absolute atomic E-state index is 0.0427. The lowest BCUT2D eigenvalue weighted by Gasteiger charge is -2.43. The van der Waals surface area contributed by atoms with Gasteiger partial charge in [-0.2, -0.15) is 15.1 Å². The zero-order chi connectivity index (χ0) is 32.5. The number of benzene rings is 1. The summed E-state index contributed by atoms with van der Waals surface area (Å²) < 4.78 is 15.4. The van der Waals surface area contributed by atoms with Gasteiger partial charge in [0.15, 0.2) is 5.69 Å². The van der Waals surface area contributed by atoms with Crippen molar-refractivity contribution in [3.63, 3.8) is 0 Å². The van der Waals surface area contributed by atoms with Crippen molar-refractivity contribution in [2.75, 3.05) is 45.2 Å². The van der Waals surface area contributed by atoms with Crippen molar-refractivity contribution >= 4 is 23.3 Å². The number of hydrogen-bond acceptors (Lipinski definition) is 9. The normalized spacial score (nSPS) is 26.8. The SMILES string of the molecule is C[C@H]1CN2CCC[C@@]2(COc2nc3c(c(N4CCCn5nc(C(=O)N(C)C)cc5C4)n2)COC2(CCCc4ccc(O)c(Cl)c42)C3)C1. The van der Waals surface area contributed by atoms with Crippen LogP contribution in [0.1, 0.15) is 84.0 Å². The number of phenolic OH excluding ortho intramolecular Hbond substituents is 1. The summed E-state index contributed by atoms with van der Waals surface area (Å²) in [6, 6.07) is 5.96. The third-order valence-corrected chi connectivity index (χ3v) is 11.5. The number of rotatable bonds is 5. The fourth-order valence-corrected chi connectivity index (χ4v) is 9.32. The second-order valence-electron chi connectivity index (χ2n) is 14.6. The van der Waals surface area contributed by atoms with Crippen LogP contribution in [-0.2, 0) is 42.9 Å². The van der Waals surface area contributed by atoms with Crippen LogP contribution in [0.15, 0.2) is 18.2 Å². The number of nitrogens with zero attached hydrogens (tertiary/aromatic N) is 7. The van der Waals surface area contributed by atoms with E-state index in [-0.39, 0.29) is 17.2 Å². The number of aryl methyl sites for hydroxylation is 2. The molecule has 1 aliphatic carbocycles. The summed E-state index contributed by atoms with van der Waals surface area (Å²) in [6.45, 7) is 7.51. The maximum Gasteiger partial charge on any atom is 0.318 e. The highest BCUT2D eigenvalue weighted by Gasteiger charge is 2.48. The zero-order valence-corrected chi connectivity index (χ0v) is 28.4. The van der Waals surface area contributed by atoms with E-state index >= 15 is 0 Å². The Morgan fingerprint density at radius 3 is 2.89 bits per heavy atom. The quantitative estimate of drug-likeness (QED) is 0.416. The van der Waals surface area contributed by atoms with Gasteiger partial charge in [0.2, 0.25) is 0 Å². The van der Waals surface area contributed by atoms with E-state index in [9.17, 15) is 9.90 Å². The van der Waals surface area contributed by atoms with E-state index in [1.807, 2.05) is 16.8 Å². The van der Waals surface area contributed by atoms with Crippen molar-refractivity contribution in [1.82, 2.24) is 29.5 Å². The molecule has 5 aliphatic rings. The van der Waals surface area contributed by atoms with Crippen molar-refractivity contribution in [3.05, 3.63) is 57.0 Å². The number of carbonyl (C=O) groups excluding carboxylic acids is 1. The number of fused-ring (bicyclic) bond motifs is 5. The molecule has 11 nitrogen and oxygen atoms in total. The molecule has 3 aromatic rings. The molecule has 3 atom stereocenters. The fourth-order valence-electron chi connectivity index (χ4n) is 8.96. The molecule has 12 heteroatoms. The van der Waals surface area contributed by atoms with Gasteiger partial charge in [0.1, 0.15) is 23.8 Å². The number of amides is 1. The van der Waals surface area contributed by atoms with Crippen molar-refractivity contribution < 1.29 is 19.4 Å². The molecule has 6 heterocycles. The lowest BCUT2D eigenvalue weighted by atomic mass is 9.74. The Labute approximate surface area is 280 Å². The van der Waals surface area contributed by atoms with Gasteiger partial charge in [0.05, 0.1) is 35.1 Å². The largest absolute Gasteiger partial charge is 0.506 e. The molecule has 2 saturated heterocycles. The highest BCUT2D eigenvalue weighted by molar-refractivity contribution is 6.33. The number of hydrogen-bond donors (Lipinski definition) is 1. The molecule has 4 aliphatic heterocycles. The zero-order valence-electron chi connectivity index (χ0n) is 27.6. The Morgan fingerprint density at radius 2 is 2.04 bits per heavy atom. The number of anilines is 1. The molecule has 1 amide bonds. The number of aromatic hydroxyl groups is 1. The predicted octanol–water partition coefficient (Wildman–Crippen LogP) is 4.70. The number of aromatic nitrogens is 4. The van der Waals surface area contributed by atoms with Gasteiger partial charge in [-0.3, -0.25) is 14.4 Å². The van der Waals surface area contributed by atoms with Crippen LogP contribution in [0.2, 0.25) is 5.02 Å². The van der Waals surface area contributed by atoms with Gasteiger partial charge in [0, 0.05) is 51.3 Å². The van der Waals surface area contributed by atoms with Gasteiger partial charge < -0.3 is 24.4 Å². The van der Waals surface area contributed by atoms with Crippen LogP contribution in [-0.4, -0.2) is 86.4 Å². The molecule has 1 spiro atoms. The van der Waals surface area contributed by atoms with Crippen LogP contribution in [0.3, 0.4) is 0 Å². The Hall–Kier alpha value is -3.41. The highest BCUT2D eigenvalue weighted by Crippen LogP contribution is 2.50. The summed E-state index contributed by atoms with van der Waals surface area (Å²) >= 11 is 6.80. The second kappa shape index (κ2) is 11.6. The van der Waals surface area contributed by atoms with Crippen LogP contribution >= 0.6 is 11.6 Å². The van der Waals surface area contributed by atoms with Gasteiger partial charge in [-0.05, 0) is 75.1 Å². The summed E-state index contributed by atoms with van der Waals surface area (Å²) in [5.74, 6) is 1.43.